The zero-order valence-electron chi connectivity index (χ0n) is 17.5. The maximum absolute atomic E-state index is 12.8. The highest BCUT2D eigenvalue weighted by Crippen LogP contribution is 2.31. The quantitative estimate of drug-likeness (QED) is 0.668. The van der Waals surface area contributed by atoms with Crippen molar-refractivity contribution in [3.8, 4) is 11.5 Å². The SMILES string of the molecule is COc1ccccc1C(=O)Nc1ccc2c(c1)CN([C@H](C)c1ccccc1)C(=O)CO2. The average Bonchev–Trinajstić information content (AvgIpc) is 2.97. The fourth-order valence-corrected chi connectivity index (χ4v) is 3.71. The first-order valence-corrected chi connectivity index (χ1v) is 10.1. The second-order valence-electron chi connectivity index (χ2n) is 7.37. The van der Waals surface area contributed by atoms with Crippen molar-refractivity contribution in [3.63, 3.8) is 0 Å². The Kier molecular flexibility index (Phi) is 5.89. The minimum atomic E-state index is -0.266. The third kappa shape index (κ3) is 4.38. The van der Waals surface area contributed by atoms with Crippen molar-refractivity contribution >= 4 is 17.5 Å². The lowest BCUT2D eigenvalue weighted by atomic mass is 10.1. The summed E-state index contributed by atoms with van der Waals surface area (Å²) in [7, 11) is 1.53. The Morgan fingerprint density at radius 2 is 1.81 bits per heavy atom. The van der Waals surface area contributed by atoms with E-state index in [9.17, 15) is 9.59 Å². The van der Waals surface area contributed by atoms with Crippen molar-refractivity contribution in [2.75, 3.05) is 19.0 Å². The van der Waals surface area contributed by atoms with Gasteiger partial charge in [0, 0.05) is 11.3 Å². The molecule has 4 rings (SSSR count). The normalized spacial score (nSPS) is 14.1. The van der Waals surface area contributed by atoms with Crippen LogP contribution in [0.25, 0.3) is 0 Å². The van der Waals surface area contributed by atoms with Crippen molar-refractivity contribution in [3.05, 3.63) is 89.5 Å². The number of methoxy groups -OCH3 is 1. The number of hydrogen-bond donors (Lipinski definition) is 1. The number of nitrogens with zero attached hydrogens (tertiary/aromatic N) is 1. The van der Waals surface area contributed by atoms with Crippen molar-refractivity contribution in [1.29, 1.82) is 0 Å². The highest BCUT2D eigenvalue weighted by molar-refractivity contribution is 6.06. The molecule has 1 heterocycles. The van der Waals surface area contributed by atoms with Crippen LogP contribution in [-0.2, 0) is 11.3 Å². The summed E-state index contributed by atoms with van der Waals surface area (Å²) in [6.07, 6.45) is 0. The van der Waals surface area contributed by atoms with Gasteiger partial charge in [-0.15, -0.1) is 0 Å². The number of carbonyl (C=O) groups is 2. The molecule has 0 spiro atoms. The largest absolute Gasteiger partial charge is 0.496 e. The first-order chi connectivity index (χ1) is 15.1. The minimum absolute atomic E-state index is 0.0168. The lowest BCUT2D eigenvalue weighted by molar-refractivity contribution is -0.135. The van der Waals surface area contributed by atoms with Gasteiger partial charge in [-0.2, -0.15) is 0 Å². The summed E-state index contributed by atoms with van der Waals surface area (Å²) in [6, 6.07) is 22.3. The van der Waals surface area contributed by atoms with E-state index in [2.05, 4.69) is 5.32 Å². The van der Waals surface area contributed by atoms with Gasteiger partial charge >= 0.3 is 0 Å². The highest BCUT2D eigenvalue weighted by Gasteiger charge is 2.27. The number of benzene rings is 3. The van der Waals surface area contributed by atoms with Gasteiger partial charge in [-0.3, -0.25) is 9.59 Å². The molecule has 0 saturated heterocycles. The first-order valence-electron chi connectivity index (χ1n) is 10.1. The van der Waals surface area contributed by atoms with Crippen molar-refractivity contribution in [1.82, 2.24) is 4.90 Å². The van der Waals surface area contributed by atoms with Crippen LogP contribution in [0.5, 0.6) is 11.5 Å². The molecule has 0 bridgehead atoms. The molecular formula is C25H24N2O4. The van der Waals surface area contributed by atoms with Gasteiger partial charge in [0.05, 0.1) is 25.3 Å². The summed E-state index contributed by atoms with van der Waals surface area (Å²) < 4.78 is 11.0. The van der Waals surface area contributed by atoms with Crippen molar-refractivity contribution < 1.29 is 19.1 Å². The molecule has 1 atom stereocenters. The van der Waals surface area contributed by atoms with Gasteiger partial charge in [-0.25, -0.2) is 0 Å². The Morgan fingerprint density at radius 1 is 1.06 bits per heavy atom. The van der Waals surface area contributed by atoms with E-state index in [1.807, 2.05) is 49.4 Å². The van der Waals surface area contributed by atoms with E-state index in [4.69, 9.17) is 9.47 Å². The number of carbonyl (C=O) groups excluding carboxylic acids is 2. The van der Waals surface area contributed by atoms with E-state index in [1.54, 1.807) is 35.2 Å². The number of rotatable bonds is 5. The Morgan fingerprint density at radius 3 is 2.58 bits per heavy atom. The maximum Gasteiger partial charge on any atom is 0.261 e. The molecule has 0 unspecified atom stereocenters. The van der Waals surface area contributed by atoms with Crippen molar-refractivity contribution in [2.45, 2.75) is 19.5 Å². The zero-order valence-corrected chi connectivity index (χ0v) is 17.5. The monoisotopic (exact) mass is 416 g/mol. The Balaban J connectivity index is 1.58. The molecule has 1 aliphatic heterocycles. The number of nitrogens with one attached hydrogen (secondary N) is 1. The molecule has 1 N–H and O–H groups in total. The third-order valence-electron chi connectivity index (χ3n) is 5.43. The van der Waals surface area contributed by atoms with Crippen LogP contribution in [0.15, 0.2) is 72.8 Å². The van der Waals surface area contributed by atoms with E-state index in [1.165, 1.54) is 7.11 Å². The fraction of sp³-hybridized carbons (Fsp3) is 0.200. The predicted octanol–water partition coefficient (Wildman–Crippen LogP) is 4.43. The molecular weight excluding hydrogens is 392 g/mol. The van der Waals surface area contributed by atoms with Crippen LogP contribution >= 0.6 is 0 Å². The van der Waals surface area contributed by atoms with Crippen molar-refractivity contribution in [2.24, 2.45) is 0 Å². The molecule has 31 heavy (non-hydrogen) atoms. The number of hydrogen-bond acceptors (Lipinski definition) is 4. The molecule has 0 aliphatic carbocycles. The van der Waals surface area contributed by atoms with Gasteiger partial charge in [0.25, 0.3) is 11.8 Å². The summed E-state index contributed by atoms with van der Waals surface area (Å²) in [5.41, 5.74) is 2.97. The van der Waals surface area contributed by atoms with Crippen LogP contribution in [-0.4, -0.2) is 30.4 Å². The number of para-hydroxylation sites is 1. The molecule has 3 aromatic rings. The van der Waals surface area contributed by atoms with E-state index in [0.717, 1.165) is 11.1 Å². The molecule has 158 valence electrons. The second-order valence-corrected chi connectivity index (χ2v) is 7.37. The topological polar surface area (TPSA) is 67.9 Å². The molecule has 6 heteroatoms. The van der Waals surface area contributed by atoms with Gasteiger partial charge in [0.15, 0.2) is 6.61 Å². The molecule has 0 saturated carbocycles. The van der Waals surface area contributed by atoms with Crippen LogP contribution in [0.2, 0.25) is 0 Å². The van der Waals surface area contributed by atoms with Crippen LogP contribution in [0.3, 0.4) is 0 Å². The number of ether oxygens (including phenoxy) is 2. The smallest absolute Gasteiger partial charge is 0.261 e. The first kappa shape index (κ1) is 20.5. The molecule has 0 fully saturated rings. The Labute approximate surface area is 181 Å². The lowest BCUT2D eigenvalue weighted by Crippen LogP contribution is -2.34. The third-order valence-corrected chi connectivity index (χ3v) is 5.43. The highest BCUT2D eigenvalue weighted by atomic mass is 16.5. The maximum atomic E-state index is 12.8. The Hall–Kier alpha value is -3.80. The van der Waals surface area contributed by atoms with Gasteiger partial charge < -0.3 is 19.7 Å². The fourth-order valence-electron chi connectivity index (χ4n) is 3.71. The van der Waals surface area contributed by atoms with Gasteiger partial charge in [0.2, 0.25) is 0 Å². The van der Waals surface area contributed by atoms with Crippen LogP contribution in [0.4, 0.5) is 5.69 Å². The van der Waals surface area contributed by atoms with Crippen LogP contribution < -0.4 is 14.8 Å². The van der Waals surface area contributed by atoms with E-state index >= 15 is 0 Å². The van der Waals surface area contributed by atoms with E-state index in [-0.39, 0.29) is 24.5 Å². The number of anilines is 1. The van der Waals surface area contributed by atoms with Gasteiger partial charge in [-0.05, 0) is 42.8 Å². The molecule has 3 aromatic carbocycles. The zero-order chi connectivity index (χ0) is 21.8. The van der Waals surface area contributed by atoms with E-state index < -0.39 is 0 Å². The summed E-state index contributed by atoms with van der Waals surface area (Å²) in [5.74, 6) is 0.808. The number of amides is 2. The molecule has 0 radical (unpaired) electrons. The molecule has 1 aliphatic rings. The lowest BCUT2D eigenvalue weighted by Gasteiger charge is -2.28. The summed E-state index contributed by atoms with van der Waals surface area (Å²) in [4.78, 5) is 27.3. The Bertz CT molecular complexity index is 1100. The van der Waals surface area contributed by atoms with Crippen LogP contribution in [0.1, 0.15) is 34.5 Å². The average molecular weight is 416 g/mol. The number of fused-ring (bicyclic) bond motifs is 1. The summed E-state index contributed by atoms with van der Waals surface area (Å²) >= 11 is 0. The standard InChI is InChI=1S/C25H24N2O4/c1-17(18-8-4-3-5-9-18)27-15-19-14-20(12-13-22(19)31-16-24(27)28)26-25(29)21-10-6-7-11-23(21)30-2/h3-14,17H,15-16H2,1-2H3,(H,26,29)/t17-/m1/s1. The second kappa shape index (κ2) is 8.92. The van der Waals surface area contributed by atoms with Gasteiger partial charge in [0.1, 0.15) is 11.5 Å². The predicted molar refractivity (Wildman–Crippen MR) is 118 cm³/mol. The molecule has 0 aromatic heterocycles. The van der Waals surface area contributed by atoms with E-state index in [0.29, 0.717) is 29.3 Å². The molecule has 2 amide bonds. The van der Waals surface area contributed by atoms with Crippen LogP contribution in [0, 0.1) is 0 Å². The minimum Gasteiger partial charge on any atom is -0.496 e. The molecule has 6 nitrogen and oxygen atoms in total. The van der Waals surface area contributed by atoms with Gasteiger partial charge in [-0.1, -0.05) is 42.5 Å². The summed E-state index contributed by atoms with van der Waals surface area (Å²) in [6.45, 7) is 2.38. The summed E-state index contributed by atoms with van der Waals surface area (Å²) in [5, 5.41) is 2.91.